The number of aryl methyl sites for hydroxylation is 1. The highest BCUT2D eigenvalue weighted by molar-refractivity contribution is 5.91. The van der Waals surface area contributed by atoms with E-state index in [1.165, 1.54) is 39.0 Å². The van der Waals surface area contributed by atoms with E-state index in [4.69, 9.17) is 0 Å². The van der Waals surface area contributed by atoms with Gasteiger partial charge in [-0.05, 0) is 50.2 Å². The van der Waals surface area contributed by atoms with Crippen LogP contribution in [0.4, 0.5) is 0 Å². The number of rotatable bonds is 2. The molecule has 4 rings (SSSR count). The van der Waals surface area contributed by atoms with Crippen LogP contribution in [-0.2, 0) is 13.0 Å². The van der Waals surface area contributed by atoms with E-state index in [1.54, 1.807) is 0 Å². The summed E-state index contributed by atoms with van der Waals surface area (Å²) >= 11 is 0. The van der Waals surface area contributed by atoms with Gasteiger partial charge in [-0.15, -0.1) is 0 Å². The van der Waals surface area contributed by atoms with Gasteiger partial charge in [-0.2, -0.15) is 0 Å². The molecule has 0 fully saturated rings. The molecular weight excluding hydrogens is 292 g/mol. The molecule has 0 atom stereocenters. The second-order valence-corrected chi connectivity index (χ2v) is 6.97. The van der Waals surface area contributed by atoms with E-state index in [-0.39, 0.29) is 0 Å². The Morgan fingerprint density at radius 3 is 2.67 bits per heavy atom. The SMILES string of the molecule is C/C(=C\c1ccccc1)n1c2c(c3cc(C)ccc31)CN(C)CC2. The van der Waals surface area contributed by atoms with Crippen LogP contribution in [0, 0.1) is 6.92 Å². The second-order valence-electron chi connectivity index (χ2n) is 6.97. The average Bonchev–Trinajstić information content (AvgIpc) is 2.89. The van der Waals surface area contributed by atoms with Gasteiger partial charge < -0.3 is 9.47 Å². The van der Waals surface area contributed by atoms with Crippen LogP contribution in [0.15, 0.2) is 48.5 Å². The summed E-state index contributed by atoms with van der Waals surface area (Å²) in [6.45, 7) is 6.58. The van der Waals surface area contributed by atoms with Crippen molar-refractivity contribution in [1.29, 1.82) is 0 Å². The number of nitrogens with zero attached hydrogens (tertiary/aromatic N) is 2. The zero-order chi connectivity index (χ0) is 16.7. The molecule has 122 valence electrons. The van der Waals surface area contributed by atoms with E-state index in [1.807, 2.05) is 0 Å². The Kier molecular flexibility index (Phi) is 3.78. The lowest BCUT2D eigenvalue weighted by Crippen LogP contribution is -2.27. The van der Waals surface area contributed by atoms with E-state index in [2.05, 4.69) is 85.0 Å². The molecule has 1 aliphatic heterocycles. The van der Waals surface area contributed by atoms with Crippen LogP contribution in [0.2, 0.25) is 0 Å². The number of fused-ring (bicyclic) bond motifs is 3. The highest BCUT2D eigenvalue weighted by atomic mass is 15.1. The number of allylic oxidation sites excluding steroid dienone is 1. The van der Waals surface area contributed by atoms with E-state index < -0.39 is 0 Å². The van der Waals surface area contributed by atoms with E-state index in [0.29, 0.717) is 0 Å². The van der Waals surface area contributed by atoms with Gasteiger partial charge in [-0.25, -0.2) is 0 Å². The first-order chi connectivity index (χ1) is 11.6. The zero-order valence-electron chi connectivity index (χ0n) is 14.7. The molecule has 0 N–H and O–H groups in total. The molecular formula is C22H24N2. The van der Waals surface area contributed by atoms with Crippen molar-refractivity contribution in [2.45, 2.75) is 26.8 Å². The molecule has 0 saturated carbocycles. The van der Waals surface area contributed by atoms with Crippen molar-refractivity contribution in [3.05, 3.63) is 70.9 Å². The molecule has 2 aromatic carbocycles. The van der Waals surface area contributed by atoms with Gasteiger partial charge >= 0.3 is 0 Å². The van der Waals surface area contributed by atoms with Crippen molar-refractivity contribution >= 4 is 22.7 Å². The molecule has 0 spiro atoms. The fourth-order valence-corrected chi connectivity index (χ4v) is 3.87. The van der Waals surface area contributed by atoms with Gasteiger partial charge in [0.05, 0.1) is 5.52 Å². The van der Waals surface area contributed by atoms with Crippen LogP contribution in [-0.4, -0.2) is 23.1 Å². The van der Waals surface area contributed by atoms with Crippen molar-refractivity contribution in [3.8, 4) is 0 Å². The van der Waals surface area contributed by atoms with Gasteiger partial charge in [0.2, 0.25) is 0 Å². The molecule has 0 aliphatic carbocycles. The summed E-state index contributed by atoms with van der Waals surface area (Å²) in [6.07, 6.45) is 3.40. The largest absolute Gasteiger partial charge is 0.317 e. The van der Waals surface area contributed by atoms with Crippen molar-refractivity contribution in [2.24, 2.45) is 0 Å². The first kappa shape index (κ1) is 15.2. The quantitative estimate of drug-likeness (QED) is 0.649. The van der Waals surface area contributed by atoms with Crippen molar-refractivity contribution in [2.75, 3.05) is 13.6 Å². The third kappa shape index (κ3) is 2.57. The van der Waals surface area contributed by atoms with Gasteiger partial charge in [-0.1, -0.05) is 42.0 Å². The number of hydrogen-bond donors (Lipinski definition) is 0. The van der Waals surface area contributed by atoms with Crippen LogP contribution in [0.25, 0.3) is 22.7 Å². The number of likely N-dealkylation sites (N-methyl/N-ethyl adjacent to an activating group) is 1. The lowest BCUT2D eigenvalue weighted by molar-refractivity contribution is 0.311. The Labute approximate surface area is 144 Å². The third-order valence-electron chi connectivity index (χ3n) is 5.02. The van der Waals surface area contributed by atoms with Crippen LogP contribution < -0.4 is 0 Å². The van der Waals surface area contributed by atoms with Crippen molar-refractivity contribution in [1.82, 2.24) is 9.47 Å². The Bertz CT molecular complexity index is 916. The van der Waals surface area contributed by atoms with Gasteiger partial charge in [0.1, 0.15) is 0 Å². The Hall–Kier alpha value is -2.32. The standard InChI is InChI=1S/C22H24N2/c1-16-9-10-21-19(13-16)20-15-23(3)12-11-22(20)24(21)17(2)14-18-7-5-4-6-8-18/h4-10,13-14H,11-12,15H2,1-3H3/b17-14+. The van der Waals surface area contributed by atoms with E-state index in [0.717, 1.165) is 19.5 Å². The van der Waals surface area contributed by atoms with Crippen LogP contribution >= 0.6 is 0 Å². The molecule has 0 amide bonds. The van der Waals surface area contributed by atoms with Gasteiger partial charge in [0.15, 0.2) is 0 Å². The van der Waals surface area contributed by atoms with Crippen molar-refractivity contribution in [3.63, 3.8) is 0 Å². The maximum absolute atomic E-state index is 2.48. The summed E-state index contributed by atoms with van der Waals surface area (Å²) in [6, 6.07) is 17.5. The highest BCUT2D eigenvalue weighted by Crippen LogP contribution is 2.34. The molecule has 24 heavy (non-hydrogen) atoms. The first-order valence-corrected chi connectivity index (χ1v) is 8.68. The molecule has 0 unspecified atom stereocenters. The molecule has 2 heterocycles. The maximum Gasteiger partial charge on any atom is 0.0531 e. The predicted molar refractivity (Wildman–Crippen MR) is 103 cm³/mol. The smallest absolute Gasteiger partial charge is 0.0531 e. The Morgan fingerprint density at radius 2 is 1.88 bits per heavy atom. The summed E-state index contributed by atoms with van der Waals surface area (Å²) < 4.78 is 2.48. The summed E-state index contributed by atoms with van der Waals surface area (Å²) in [5.74, 6) is 0. The molecule has 2 nitrogen and oxygen atoms in total. The number of aromatic nitrogens is 1. The summed E-state index contributed by atoms with van der Waals surface area (Å²) in [4.78, 5) is 2.42. The highest BCUT2D eigenvalue weighted by Gasteiger charge is 2.22. The lowest BCUT2D eigenvalue weighted by atomic mass is 10.0. The molecule has 0 bridgehead atoms. The fourth-order valence-electron chi connectivity index (χ4n) is 3.87. The zero-order valence-corrected chi connectivity index (χ0v) is 14.7. The minimum atomic E-state index is 1.04. The van der Waals surface area contributed by atoms with Crippen LogP contribution in [0.3, 0.4) is 0 Å². The minimum absolute atomic E-state index is 1.04. The van der Waals surface area contributed by atoms with Crippen LogP contribution in [0.1, 0.15) is 29.3 Å². The monoisotopic (exact) mass is 316 g/mol. The summed E-state index contributed by atoms with van der Waals surface area (Å²) in [5, 5.41) is 1.41. The minimum Gasteiger partial charge on any atom is -0.317 e. The van der Waals surface area contributed by atoms with Crippen LogP contribution in [0.5, 0.6) is 0 Å². The normalized spacial score (nSPS) is 15.7. The van der Waals surface area contributed by atoms with Gasteiger partial charge in [-0.3, -0.25) is 0 Å². The molecule has 1 aromatic heterocycles. The maximum atomic E-state index is 2.48. The molecule has 2 heteroatoms. The molecule has 0 radical (unpaired) electrons. The predicted octanol–water partition coefficient (Wildman–Crippen LogP) is 4.96. The van der Waals surface area contributed by atoms with E-state index in [9.17, 15) is 0 Å². The topological polar surface area (TPSA) is 8.17 Å². The van der Waals surface area contributed by atoms with Crippen molar-refractivity contribution < 1.29 is 0 Å². The van der Waals surface area contributed by atoms with Gasteiger partial charge in [0.25, 0.3) is 0 Å². The number of benzene rings is 2. The average molecular weight is 316 g/mol. The second kappa shape index (κ2) is 5.95. The Morgan fingerprint density at radius 1 is 1.08 bits per heavy atom. The lowest BCUT2D eigenvalue weighted by Gasteiger charge is -2.24. The Balaban J connectivity index is 1.94. The number of hydrogen-bond acceptors (Lipinski definition) is 1. The van der Waals surface area contributed by atoms with Gasteiger partial charge in [0, 0.05) is 36.3 Å². The fraction of sp³-hybridized carbons (Fsp3) is 0.273. The molecule has 3 aromatic rings. The third-order valence-corrected chi connectivity index (χ3v) is 5.02. The molecule has 1 aliphatic rings. The molecule has 0 saturated heterocycles. The van der Waals surface area contributed by atoms with E-state index >= 15 is 0 Å². The first-order valence-electron chi connectivity index (χ1n) is 8.68. The summed E-state index contributed by atoms with van der Waals surface area (Å²) in [7, 11) is 2.22. The summed E-state index contributed by atoms with van der Waals surface area (Å²) in [5.41, 5.74) is 8.21.